The van der Waals surface area contributed by atoms with Crippen molar-refractivity contribution < 1.29 is 4.79 Å². The van der Waals surface area contributed by atoms with E-state index in [4.69, 9.17) is 0 Å². The van der Waals surface area contributed by atoms with E-state index >= 15 is 0 Å². The van der Waals surface area contributed by atoms with Crippen molar-refractivity contribution in [3.05, 3.63) is 65.7 Å². The first kappa shape index (κ1) is 17.5. The normalized spacial score (nSPS) is 17.9. The number of hydrogen-bond acceptors (Lipinski definition) is 3. The average Bonchev–Trinajstić information content (AvgIpc) is 2.64. The van der Waals surface area contributed by atoms with Gasteiger partial charge in [0.15, 0.2) is 0 Å². The van der Waals surface area contributed by atoms with Crippen LogP contribution < -0.4 is 10.6 Å². The summed E-state index contributed by atoms with van der Waals surface area (Å²) in [5.74, 6) is 0.0450. The molecule has 3 rings (SSSR count). The van der Waals surface area contributed by atoms with E-state index in [0.29, 0.717) is 12.5 Å². The lowest BCUT2D eigenvalue weighted by molar-refractivity contribution is -0.119. The third-order valence-electron chi connectivity index (χ3n) is 4.76. The Morgan fingerprint density at radius 2 is 1.88 bits per heavy atom. The fraction of sp³-hybridized carbons (Fsp3) is 0.381. The number of likely N-dealkylation sites (N-methyl/N-ethyl adjacent to an activating group) is 1. The molecular formula is C21H27N3O. The van der Waals surface area contributed by atoms with Crippen molar-refractivity contribution in [2.75, 3.05) is 25.5 Å². The molecule has 2 aromatic carbocycles. The summed E-state index contributed by atoms with van der Waals surface area (Å²) in [5, 5.41) is 6.38. The second-order valence-corrected chi connectivity index (χ2v) is 6.71. The van der Waals surface area contributed by atoms with Crippen LogP contribution >= 0.6 is 0 Å². The fourth-order valence-corrected chi connectivity index (χ4v) is 3.46. The highest BCUT2D eigenvalue weighted by Crippen LogP contribution is 2.21. The topological polar surface area (TPSA) is 44.4 Å². The van der Waals surface area contributed by atoms with E-state index in [-0.39, 0.29) is 5.91 Å². The van der Waals surface area contributed by atoms with Gasteiger partial charge in [0, 0.05) is 31.9 Å². The third-order valence-corrected chi connectivity index (χ3v) is 4.76. The zero-order chi connectivity index (χ0) is 17.5. The zero-order valence-electron chi connectivity index (χ0n) is 14.9. The number of nitrogens with one attached hydrogen (secondary N) is 2. The minimum Gasteiger partial charge on any atom is -0.381 e. The SMILES string of the molecule is CNC(=O)Cc1ccccc1N[C@@H]1CCCN(Cc2ccccc2)C1. The molecule has 0 saturated carbocycles. The van der Waals surface area contributed by atoms with E-state index in [0.717, 1.165) is 30.9 Å². The van der Waals surface area contributed by atoms with Crippen molar-refractivity contribution in [2.45, 2.75) is 31.8 Å². The summed E-state index contributed by atoms with van der Waals surface area (Å²) >= 11 is 0. The number of piperidine rings is 1. The van der Waals surface area contributed by atoms with Crippen LogP contribution in [-0.4, -0.2) is 37.0 Å². The van der Waals surface area contributed by atoms with E-state index in [9.17, 15) is 4.79 Å². The molecule has 1 aliphatic heterocycles. The number of benzene rings is 2. The Hall–Kier alpha value is -2.33. The van der Waals surface area contributed by atoms with Gasteiger partial charge in [0.1, 0.15) is 0 Å². The van der Waals surface area contributed by atoms with Gasteiger partial charge in [-0.3, -0.25) is 9.69 Å². The molecule has 1 atom stereocenters. The molecule has 132 valence electrons. The second kappa shape index (κ2) is 8.67. The highest BCUT2D eigenvalue weighted by Gasteiger charge is 2.20. The molecule has 0 radical (unpaired) electrons. The first-order valence-corrected chi connectivity index (χ1v) is 9.06. The maximum absolute atomic E-state index is 11.7. The Kier molecular flexibility index (Phi) is 6.07. The molecule has 0 aliphatic carbocycles. The predicted octanol–water partition coefficient (Wildman–Crippen LogP) is 3.05. The van der Waals surface area contributed by atoms with Crippen molar-refractivity contribution in [3.8, 4) is 0 Å². The van der Waals surface area contributed by atoms with Crippen molar-refractivity contribution in [1.82, 2.24) is 10.2 Å². The molecule has 1 saturated heterocycles. The molecule has 0 aromatic heterocycles. The summed E-state index contributed by atoms with van der Waals surface area (Å²) in [4.78, 5) is 14.2. The van der Waals surface area contributed by atoms with E-state index in [1.807, 2.05) is 18.2 Å². The molecule has 25 heavy (non-hydrogen) atoms. The first-order chi connectivity index (χ1) is 12.2. The molecule has 0 unspecified atom stereocenters. The molecule has 0 bridgehead atoms. The van der Waals surface area contributed by atoms with Crippen LogP contribution in [0.4, 0.5) is 5.69 Å². The van der Waals surface area contributed by atoms with Crippen LogP contribution in [0.3, 0.4) is 0 Å². The Morgan fingerprint density at radius 1 is 1.12 bits per heavy atom. The van der Waals surface area contributed by atoms with Gasteiger partial charge in [-0.25, -0.2) is 0 Å². The minimum atomic E-state index is 0.0450. The van der Waals surface area contributed by atoms with Crippen LogP contribution in [0.1, 0.15) is 24.0 Å². The predicted molar refractivity (Wildman–Crippen MR) is 103 cm³/mol. The van der Waals surface area contributed by atoms with E-state index < -0.39 is 0 Å². The minimum absolute atomic E-state index is 0.0450. The Balaban J connectivity index is 1.62. The lowest BCUT2D eigenvalue weighted by atomic mass is 10.0. The molecule has 2 N–H and O–H groups in total. The summed E-state index contributed by atoms with van der Waals surface area (Å²) in [7, 11) is 1.68. The smallest absolute Gasteiger partial charge is 0.224 e. The summed E-state index contributed by atoms with van der Waals surface area (Å²) < 4.78 is 0. The molecule has 1 heterocycles. The molecule has 1 aliphatic rings. The van der Waals surface area contributed by atoms with E-state index in [2.05, 4.69) is 51.9 Å². The monoisotopic (exact) mass is 337 g/mol. The van der Waals surface area contributed by atoms with Crippen LogP contribution in [0.2, 0.25) is 0 Å². The number of carbonyl (C=O) groups excluding carboxylic acids is 1. The molecule has 2 aromatic rings. The highest BCUT2D eigenvalue weighted by atomic mass is 16.1. The number of rotatable bonds is 6. The van der Waals surface area contributed by atoms with Crippen molar-refractivity contribution in [3.63, 3.8) is 0 Å². The largest absolute Gasteiger partial charge is 0.381 e. The second-order valence-electron chi connectivity index (χ2n) is 6.71. The number of hydrogen-bond donors (Lipinski definition) is 2. The molecule has 4 nitrogen and oxygen atoms in total. The van der Waals surface area contributed by atoms with Crippen LogP contribution in [0.5, 0.6) is 0 Å². The molecule has 1 fully saturated rings. The Morgan fingerprint density at radius 3 is 2.68 bits per heavy atom. The number of para-hydroxylation sites is 1. The average molecular weight is 337 g/mol. The van der Waals surface area contributed by atoms with Gasteiger partial charge in [-0.2, -0.15) is 0 Å². The molecular weight excluding hydrogens is 310 g/mol. The number of amides is 1. The summed E-state index contributed by atoms with van der Waals surface area (Å²) in [6, 6.07) is 19.2. The molecule has 4 heteroatoms. The van der Waals surface area contributed by atoms with Crippen LogP contribution in [-0.2, 0) is 17.8 Å². The van der Waals surface area contributed by atoms with E-state index in [1.54, 1.807) is 7.05 Å². The maximum atomic E-state index is 11.7. The van der Waals surface area contributed by atoms with Gasteiger partial charge in [0.25, 0.3) is 0 Å². The van der Waals surface area contributed by atoms with Gasteiger partial charge in [0.2, 0.25) is 5.91 Å². The van der Waals surface area contributed by atoms with Crippen molar-refractivity contribution >= 4 is 11.6 Å². The van der Waals surface area contributed by atoms with Crippen LogP contribution in [0.15, 0.2) is 54.6 Å². The fourth-order valence-electron chi connectivity index (χ4n) is 3.46. The highest BCUT2D eigenvalue weighted by molar-refractivity contribution is 5.80. The molecule has 0 spiro atoms. The zero-order valence-corrected chi connectivity index (χ0v) is 14.9. The van der Waals surface area contributed by atoms with Crippen molar-refractivity contribution in [1.29, 1.82) is 0 Å². The van der Waals surface area contributed by atoms with E-state index in [1.165, 1.54) is 18.4 Å². The van der Waals surface area contributed by atoms with Crippen molar-refractivity contribution in [2.24, 2.45) is 0 Å². The lowest BCUT2D eigenvalue weighted by Crippen LogP contribution is -2.41. The number of carbonyl (C=O) groups is 1. The van der Waals surface area contributed by atoms with Gasteiger partial charge in [-0.1, -0.05) is 48.5 Å². The first-order valence-electron chi connectivity index (χ1n) is 9.06. The lowest BCUT2D eigenvalue weighted by Gasteiger charge is -2.34. The Bertz CT molecular complexity index is 687. The number of anilines is 1. The maximum Gasteiger partial charge on any atom is 0.224 e. The summed E-state index contributed by atoms with van der Waals surface area (Å²) in [6.45, 7) is 3.18. The number of likely N-dealkylation sites (tertiary alicyclic amines) is 1. The third kappa shape index (κ3) is 5.07. The van der Waals surface area contributed by atoms with Crippen LogP contribution in [0.25, 0.3) is 0 Å². The van der Waals surface area contributed by atoms with Gasteiger partial charge in [0.05, 0.1) is 6.42 Å². The number of nitrogens with zero attached hydrogens (tertiary/aromatic N) is 1. The van der Waals surface area contributed by atoms with Crippen LogP contribution in [0, 0.1) is 0 Å². The van der Waals surface area contributed by atoms with Gasteiger partial charge < -0.3 is 10.6 Å². The summed E-state index contributed by atoms with van der Waals surface area (Å²) in [6.07, 6.45) is 2.78. The quantitative estimate of drug-likeness (QED) is 0.851. The molecule has 1 amide bonds. The summed E-state index contributed by atoms with van der Waals surface area (Å²) in [5.41, 5.74) is 3.50. The Labute approximate surface area is 150 Å². The standard InChI is InChI=1S/C21H27N3O/c1-22-21(25)14-18-10-5-6-12-20(18)23-19-11-7-13-24(16-19)15-17-8-3-2-4-9-17/h2-6,8-10,12,19,23H,7,11,13-16H2,1H3,(H,22,25)/t19-/m1/s1. The van der Waals surface area contributed by atoms with Gasteiger partial charge in [-0.15, -0.1) is 0 Å². The van der Waals surface area contributed by atoms with Gasteiger partial charge >= 0.3 is 0 Å². The van der Waals surface area contributed by atoms with Gasteiger partial charge in [-0.05, 0) is 36.6 Å².